The zero-order chi connectivity index (χ0) is 14.7. The van der Waals surface area contributed by atoms with E-state index in [1.807, 2.05) is 0 Å². The lowest BCUT2D eigenvalue weighted by Crippen LogP contribution is -2.10. The van der Waals surface area contributed by atoms with Crippen LogP contribution >= 0.6 is 23.2 Å². The van der Waals surface area contributed by atoms with Gasteiger partial charge in [0, 0.05) is 17.5 Å². The SMILES string of the molecule is CC(=O)OCC(=O)c1ccc(-c2ccc(Cl)cc2Cl)o1. The van der Waals surface area contributed by atoms with Gasteiger partial charge in [0.1, 0.15) is 5.76 Å². The lowest BCUT2D eigenvalue weighted by atomic mass is 10.2. The van der Waals surface area contributed by atoms with Gasteiger partial charge < -0.3 is 9.15 Å². The van der Waals surface area contributed by atoms with Gasteiger partial charge in [0.15, 0.2) is 12.4 Å². The van der Waals surface area contributed by atoms with Crippen molar-refractivity contribution in [1.29, 1.82) is 0 Å². The van der Waals surface area contributed by atoms with Crippen LogP contribution in [0.5, 0.6) is 0 Å². The molecule has 2 rings (SSSR count). The molecule has 0 N–H and O–H groups in total. The van der Waals surface area contributed by atoms with E-state index >= 15 is 0 Å². The predicted octanol–water partition coefficient (Wildman–Crippen LogP) is 4.00. The van der Waals surface area contributed by atoms with E-state index < -0.39 is 11.8 Å². The lowest BCUT2D eigenvalue weighted by Gasteiger charge is -2.01. The lowest BCUT2D eigenvalue weighted by molar-refractivity contribution is -0.139. The van der Waals surface area contributed by atoms with Crippen LogP contribution in [-0.2, 0) is 9.53 Å². The molecule has 104 valence electrons. The minimum atomic E-state index is -0.522. The molecule has 1 heterocycles. The maximum absolute atomic E-state index is 11.7. The zero-order valence-electron chi connectivity index (χ0n) is 10.5. The van der Waals surface area contributed by atoms with Crippen molar-refractivity contribution < 1.29 is 18.7 Å². The molecule has 0 radical (unpaired) electrons. The van der Waals surface area contributed by atoms with Gasteiger partial charge in [-0.25, -0.2) is 0 Å². The molecule has 0 aliphatic rings. The Kier molecular flexibility index (Phi) is 4.47. The number of Topliss-reactive ketones (excluding diaryl/α,β-unsaturated/α-hetero) is 1. The summed E-state index contributed by atoms with van der Waals surface area (Å²) in [6.45, 7) is 0.880. The highest BCUT2D eigenvalue weighted by molar-refractivity contribution is 6.36. The Balaban J connectivity index is 2.20. The molecule has 6 heteroatoms. The van der Waals surface area contributed by atoms with Crippen molar-refractivity contribution in [3.8, 4) is 11.3 Å². The minimum Gasteiger partial charge on any atom is -0.457 e. The van der Waals surface area contributed by atoms with Crippen LogP contribution in [0.2, 0.25) is 10.0 Å². The third-order valence-electron chi connectivity index (χ3n) is 2.48. The topological polar surface area (TPSA) is 56.5 Å². The first-order chi connectivity index (χ1) is 9.47. The van der Waals surface area contributed by atoms with Gasteiger partial charge in [-0.2, -0.15) is 0 Å². The van der Waals surface area contributed by atoms with Gasteiger partial charge in [0.05, 0.1) is 5.02 Å². The predicted molar refractivity (Wildman–Crippen MR) is 75.1 cm³/mol. The number of halogens is 2. The second-order valence-corrected chi connectivity index (χ2v) is 4.84. The van der Waals surface area contributed by atoms with Crippen molar-refractivity contribution in [3.63, 3.8) is 0 Å². The average molecular weight is 313 g/mol. The third-order valence-corrected chi connectivity index (χ3v) is 3.03. The van der Waals surface area contributed by atoms with Crippen molar-refractivity contribution in [2.45, 2.75) is 6.92 Å². The highest BCUT2D eigenvalue weighted by Gasteiger charge is 2.15. The molecule has 0 atom stereocenters. The maximum atomic E-state index is 11.7. The first kappa shape index (κ1) is 14.6. The third kappa shape index (κ3) is 3.40. The number of ketones is 1. The van der Waals surface area contributed by atoms with E-state index in [4.69, 9.17) is 27.6 Å². The van der Waals surface area contributed by atoms with Gasteiger partial charge >= 0.3 is 5.97 Å². The summed E-state index contributed by atoms with van der Waals surface area (Å²) in [7, 11) is 0. The van der Waals surface area contributed by atoms with Crippen LogP contribution < -0.4 is 0 Å². The quantitative estimate of drug-likeness (QED) is 0.632. The Labute approximate surface area is 125 Å². The van der Waals surface area contributed by atoms with Crippen LogP contribution in [0.15, 0.2) is 34.7 Å². The molecule has 0 amide bonds. The van der Waals surface area contributed by atoms with E-state index in [1.54, 1.807) is 24.3 Å². The fourth-order valence-corrected chi connectivity index (χ4v) is 2.06. The maximum Gasteiger partial charge on any atom is 0.303 e. The smallest absolute Gasteiger partial charge is 0.303 e. The highest BCUT2D eigenvalue weighted by Crippen LogP contribution is 2.31. The van der Waals surface area contributed by atoms with Crippen LogP contribution in [0.25, 0.3) is 11.3 Å². The van der Waals surface area contributed by atoms with Gasteiger partial charge in [0.2, 0.25) is 5.78 Å². The molecule has 0 aliphatic heterocycles. The molecular formula is C14H10Cl2O4. The average Bonchev–Trinajstić information content (AvgIpc) is 2.85. The molecule has 1 aromatic heterocycles. The molecule has 0 unspecified atom stereocenters. The van der Waals surface area contributed by atoms with Crippen LogP contribution in [0, 0.1) is 0 Å². The highest BCUT2D eigenvalue weighted by atomic mass is 35.5. The van der Waals surface area contributed by atoms with Crippen LogP contribution in [0.3, 0.4) is 0 Å². The summed E-state index contributed by atoms with van der Waals surface area (Å²) in [4.78, 5) is 22.4. The standard InChI is InChI=1S/C14H10Cl2O4/c1-8(17)19-7-12(18)14-5-4-13(20-14)10-3-2-9(15)6-11(10)16/h2-6H,7H2,1H3. The van der Waals surface area contributed by atoms with Crippen LogP contribution in [-0.4, -0.2) is 18.4 Å². The normalized spacial score (nSPS) is 10.3. The molecule has 0 spiro atoms. The van der Waals surface area contributed by atoms with Crippen LogP contribution in [0.1, 0.15) is 17.5 Å². The minimum absolute atomic E-state index is 0.104. The van der Waals surface area contributed by atoms with Crippen molar-refractivity contribution in [1.82, 2.24) is 0 Å². The number of hydrogen-bond donors (Lipinski definition) is 0. The number of rotatable bonds is 4. The second kappa shape index (κ2) is 6.11. The van der Waals surface area contributed by atoms with Gasteiger partial charge in [-0.05, 0) is 30.3 Å². The summed E-state index contributed by atoms with van der Waals surface area (Å²) in [6, 6.07) is 8.08. The molecular weight excluding hydrogens is 303 g/mol. The van der Waals surface area contributed by atoms with E-state index in [-0.39, 0.29) is 12.4 Å². The molecule has 4 nitrogen and oxygen atoms in total. The van der Waals surface area contributed by atoms with Crippen molar-refractivity contribution >= 4 is 35.0 Å². The zero-order valence-corrected chi connectivity index (χ0v) is 12.0. The molecule has 0 saturated carbocycles. The summed E-state index contributed by atoms with van der Waals surface area (Å²) >= 11 is 11.9. The molecule has 2 aromatic rings. The number of carbonyl (C=O) groups is 2. The molecule has 1 aromatic carbocycles. The van der Waals surface area contributed by atoms with E-state index in [1.165, 1.54) is 13.0 Å². The van der Waals surface area contributed by atoms with Gasteiger partial charge in [-0.3, -0.25) is 9.59 Å². The van der Waals surface area contributed by atoms with Crippen molar-refractivity contribution in [3.05, 3.63) is 46.1 Å². The fourth-order valence-electron chi connectivity index (χ4n) is 1.56. The first-order valence-electron chi connectivity index (χ1n) is 5.69. The Hall–Kier alpha value is -1.78. The summed E-state index contributed by atoms with van der Waals surface area (Å²) in [5.41, 5.74) is 0.627. The van der Waals surface area contributed by atoms with E-state index in [0.717, 1.165) is 0 Å². The van der Waals surface area contributed by atoms with E-state index in [2.05, 4.69) is 4.74 Å². The largest absolute Gasteiger partial charge is 0.457 e. The summed E-state index contributed by atoms with van der Waals surface area (Å²) < 4.78 is 10.0. The number of furan rings is 1. The fraction of sp³-hybridized carbons (Fsp3) is 0.143. The molecule has 0 fully saturated rings. The summed E-state index contributed by atoms with van der Waals surface area (Å²) in [5, 5.41) is 0.933. The van der Waals surface area contributed by atoms with Crippen molar-refractivity contribution in [2.75, 3.05) is 6.61 Å². The summed E-state index contributed by atoms with van der Waals surface area (Å²) in [6.07, 6.45) is 0. The first-order valence-corrected chi connectivity index (χ1v) is 6.45. The van der Waals surface area contributed by atoms with Gasteiger partial charge in [-0.15, -0.1) is 0 Å². The number of ether oxygens (including phenoxy) is 1. The number of hydrogen-bond acceptors (Lipinski definition) is 4. The Morgan fingerprint density at radius 1 is 1.20 bits per heavy atom. The van der Waals surface area contributed by atoms with Gasteiger partial charge in [0.25, 0.3) is 0 Å². The van der Waals surface area contributed by atoms with Crippen molar-refractivity contribution in [2.24, 2.45) is 0 Å². The van der Waals surface area contributed by atoms with Crippen LogP contribution in [0.4, 0.5) is 0 Å². The Morgan fingerprint density at radius 2 is 1.95 bits per heavy atom. The van der Waals surface area contributed by atoms with Gasteiger partial charge in [-0.1, -0.05) is 23.2 Å². The summed E-state index contributed by atoms with van der Waals surface area (Å²) in [5.74, 6) is -0.396. The Bertz CT molecular complexity index is 661. The van der Waals surface area contributed by atoms with E-state index in [9.17, 15) is 9.59 Å². The number of carbonyl (C=O) groups excluding carboxylic acids is 2. The molecule has 0 aliphatic carbocycles. The molecule has 0 bridgehead atoms. The number of benzene rings is 1. The molecule has 0 saturated heterocycles. The monoisotopic (exact) mass is 312 g/mol. The second-order valence-electron chi connectivity index (χ2n) is 3.99. The Morgan fingerprint density at radius 3 is 2.60 bits per heavy atom. The van der Waals surface area contributed by atoms with E-state index in [0.29, 0.717) is 21.4 Å². The number of esters is 1. The molecule has 20 heavy (non-hydrogen) atoms.